The van der Waals surface area contributed by atoms with Crippen LogP contribution in [0.5, 0.6) is 11.5 Å². The van der Waals surface area contributed by atoms with E-state index in [9.17, 15) is 0 Å². The number of rotatable bonds is 10. The van der Waals surface area contributed by atoms with Crippen molar-refractivity contribution in [3.05, 3.63) is 198 Å². The Morgan fingerprint density at radius 2 is 1.17 bits per heavy atom. The zero-order chi connectivity index (χ0) is 50.1. The fraction of sp³-hybridized carbons (Fsp3) is 0.323. The van der Waals surface area contributed by atoms with Gasteiger partial charge in [0.2, 0.25) is 0 Å². The minimum absolute atomic E-state index is 0. The molecule has 0 saturated heterocycles. The van der Waals surface area contributed by atoms with E-state index < -0.39 is 0 Å². The van der Waals surface area contributed by atoms with Gasteiger partial charge in [-0.2, -0.15) is 6.07 Å². The van der Waals surface area contributed by atoms with E-state index in [2.05, 4.69) is 271 Å². The van der Waals surface area contributed by atoms with Crippen molar-refractivity contribution in [2.45, 2.75) is 137 Å². The molecule has 0 spiro atoms. The van der Waals surface area contributed by atoms with Crippen molar-refractivity contribution in [2.75, 3.05) is 9.80 Å². The van der Waals surface area contributed by atoms with Crippen LogP contribution in [0.25, 0.3) is 38.8 Å². The predicted octanol–water partition coefficient (Wildman–Crippen LogP) is 17.6. The number of hydrogen-bond acceptors (Lipinski definition) is 4. The maximum atomic E-state index is 7.03. The van der Waals surface area contributed by atoms with E-state index in [0.717, 1.165) is 39.2 Å². The number of pyridine rings is 1. The van der Waals surface area contributed by atoms with Gasteiger partial charge in [-0.05, 0) is 121 Å². The number of fused-ring (bicyclic) bond motifs is 3. The summed E-state index contributed by atoms with van der Waals surface area (Å²) in [6, 6.07) is 52.0. The van der Waals surface area contributed by atoms with Crippen LogP contribution in [-0.4, -0.2) is 9.55 Å². The molecule has 370 valence electrons. The summed E-state index contributed by atoms with van der Waals surface area (Å²) in [5.74, 6) is 2.70. The first-order valence-electron chi connectivity index (χ1n) is 25.2. The Bertz CT molecular complexity index is 3240. The summed E-state index contributed by atoms with van der Waals surface area (Å²) < 4.78 is 9.28. The molecule has 0 atom stereocenters. The van der Waals surface area contributed by atoms with Crippen LogP contribution in [0.2, 0.25) is 0 Å². The Morgan fingerprint density at radius 3 is 1.82 bits per heavy atom. The van der Waals surface area contributed by atoms with Gasteiger partial charge in [0, 0.05) is 55.4 Å². The van der Waals surface area contributed by atoms with Crippen LogP contribution in [0.3, 0.4) is 0 Å². The smallest absolute Gasteiger partial charge is 0.135 e. The normalized spacial score (nSPS) is 13.5. The SMILES string of the molecule is CC(C)c1cccc(C(C)C)c1-c1cc(Oc2[c-]c3c(cc2)c2cc(C(C)(C)C)ccc2n3-c2cc(C(C)(C)C)ccn2)[c-]c(N2C=CN(c3cc(C(C)(C)C)cc(C(C)(C)c4ccccc4)c3)[CH-]2)c1.[Pt]. The van der Waals surface area contributed by atoms with Crippen LogP contribution in [0, 0.1) is 18.8 Å². The average Bonchev–Trinajstić information content (AvgIpc) is 3.94. The Morgan fingerprint density at radius 1 is 0.535 bits per heavy atom. The molecule has 3 heterocycles. The minimum Gasteiger partial charge on any atom is -0.509 e. The van der Waals surface area contributed by atoms with Crippen molar-refractivity contribution in [1.29, 1.82) is 0 Å². The largest absolute Gasteiger partial charge is 0.509 e. The number of benzene rings is 6. The van der Waals surface area contributed by atoms with Gasteiger partial charge < -0.3 is 19.1 Å². The summed E-state index contributed by atoms with van der Waals surface area (Å²) in [4.78, 5) is 9.38. The van der Waals surface area contributed by atoms with Crippen LogP contribution in [0.15, 0.2) is 140 Å². The molecule has 0 aliphatic carbocycles. The fourth-order valence-corrected chi connectivity index (χ4v) is 9.79. The van der Waals surface area contributed by atoms with Crippen molar-refractivity contribution in [2.24, 2.45) is 0 Å². The number of aromatic nitrogens is 2. The van der Waals surface area contributed by atoms with Crippen molar-refractivity contribution in [3.63, 3.8) is 0 Å². The van der Waals surface area contributed by atoms with Gasteiger partial charge in [0.15, 0.2) is 0 Å². The summed E-state index contributed by atoms with van der Waals surface area (Å²) in [6.45, 7) is 36.4. The zero-order valence-electron chi connectivity index (χ0n) is 44.5. The molecule has 0 saturated carbocycles. The van der Waals surface area contributed by atoms with Crippen LogP contribution in [-0.2, 0) is 42.7 Å². The quantitative estimate of drug-likeness (QED) is 0.128. The Hall–Kier alpha value is -5.90. The second kappa shape index (κ2) is 19.3. The van der Waals surface area contributed by atoms with Gasteiger partial charge in [-0.15, -0.1) is 53.6 Å². The first-order valence-corrected chi connectivity index (χ1v) is 25.2. The monoisotopic (exact) mass is 1120 g/mol. The van der Waals surface area contributed by atoms with Gasteiger partial charge in [-0.25, -0.2) is 4.98 Å². The first kappa shape index (κ1) is 51.5. The maximum Gasteiger partial charge on any atom is 0.135 e. The number of anilines is 2. The third-order valence-electron chi connectivity index (χ3n) is 14.3. The molecule has 1 aliphatic rings. The summed E-state index contributed by atoms with van der Waals surface area (Å²) in [6.07, 6.45) is 6.21. The van der Waals surface area contributed by atoms with Gasteiger partial charge in [0.25, 0.3) is 0 Å². The molecule has 0 N–H and O–H groups in total. The zero-order valence-corrected chi connectivity index (χ0v) is 46.8. The van der Waals surface area contributed by atoms with Crippen molar-refractivity contribution in [3.8, 4) is 28.4 Å². The van der Waals surface area contributed by atoms with Gasteiger partial charge in [-0.1, -0.05) is 176 Å². The molecular weight excluding hydrogens is 1050 g/mol. The molecule has 9 rings (SSSR count). The molecule has 0 unspecified atom stereocenters. The molecule has 1 aliphatic heterocycles. The average molecular weight is 1120 g/mol. The van der Waals surface area contributed by atoms with Gasteiger partial charge in [0.1, 0.15) is 5.82 Å². The summed E-state index contributed by atoms with van der Waals surface area (Å²) in [7, 11) is 0. The number of nitrogens with zero attached hydrogens (tertiary/aromatic N) is 4. The fourth-order valence-electron chi connectivity index (χ4n) is 9.79. The Kier molecular flexibility index (Phi) is 14.0. The Labute approximate surface area is 439 Å². The van der Waals surface area contributed by atoms with Crippen LogP contribution in [0.4, 0.5) is 11.4 Å². The predicted molar refractivity (Wildman–Crippen MR) is 296 cm³/mol. The van der Waals surface area contributed by atoms with Gasteiger partial charge in [-0.3, -0.25) is 0 Å². The van der Waals surface area contributed by atoms with Crippen molar-refractivity contribution in [1.82, 2.24) is 9.55 Å². The molecule has 0 fully saturated rings. The van der Waals surface area contributed by atoms with E-state index in [1.165, 1.54) is 49.9 Å². The van der Waals surface area contributed by atoms with E-state index >= 15 is 0 Å². The summed E-state index contributed by atoms with van der Waals surface area (Å²) in [5, 5.41) is 2.27. The van der Waals surface area contributed by atoms with E-state index in [1.807, 2.05) is 6.20 Å². The molecule has 0 bridgehead atoms. The molecule has 5 nitrogen and oxygen atoms in total. The molecule has 71 heavy (non-hydrogen) atoms. The molecule has 6 heteroatoms. The number of hydrogen-bond donors (Lipinski definition) is 0. The second-order valence-electron chi connectivity index (χ2n) is 23.6. The first-order chi connectivity index (χ1) is 33.0. The standard InChI is InChI=1S/C65H71N4O.Pt/c1-42(2)54-22-19-23-55(43(3)4)61(54)44-32-50(67-30-31-68(41-67)51-35-48(64(11,12)13)34-49(36-51)65(14,15)45-20-17-16-18-21-45)39-53(33-44)70-52-25-26-56-57-37-46(62(5,6)7)24-27-58(57)69(59(56)40-52)60-38-47(28-29-66-60)63(8,9)10;/h16-38,41-43H,1-15H3;/q-3;. The number of ether oxygens (including phenoxy) is 1. The summed E-state index contributed by atoms with van der Waals surface area (Å²) >= 11 is 0. The molecule has 6 aromatic carbocycles. The van der Waals surface area contributed by atoms with E-state index in [-0.39, 0.29) is 42.7 Å². The molecule has 0 amide bonds. The van der Waals surface area contributed by atoms with Gasteiger partial charge in [0.05, 0.1) is 0 Å². The van der Waals surface area contributed by atoms with Crippen LogP contribution < -0.4 is 14.5 Å². The molecule has 2 aromatic heterocycles. The van der Waals surface area contributed by atoms with E-state index in [0.29, 0.717) is 23.3 Å². The second-order valence-corrected chi connectivity index (χ2v) is 23.6. The van der Waals surface area contributed by atoms with Crippen molar-refractivity contribution < 1.29 is 25.8 Å². The topological polar surface area (TPSA) is 33.5 Å². The molecular formula is C65H71N4OPt-3. The van der Waals surface area contributed by atoms with Crippen molar-refractivity contribution >= 4 is 33.2 Å². The third-order valence-corrected chi connectivity index (χ3v) is 14.3. The van der Waals surface area contributed by atoms with Crippen LogP contribution >= 0.6 is 0 Å². The maximum absolute atomic E-state index is 7.03. The van der Waals surface area contributed by atoms with Crippen LogP contribution in [0.1, 0.15) is 155 Å². The third kappa shape index (κ3) is 10.3. The molecule has 0 radical (unpaired) electrons. The molecule has 8 aromatic rings. The Balaban J connectivity index is 0.00000676. The summed E-state index contributed by atoms with van der Waals surface area (Å²) in [5.41, 5.74) is 15.0. The van der Waals surface area contributed by atoms with E-state index in [4.69, 9.17) is 9.72 Å². The van der Waals surface area contributed by atoms with Gasteiger partial charge >= 0.3 is 0 Å². The minimum atomic E-state index is -0.205. The van der Waals surface area contributed by atoms with E-state index in [1.54, 1.807) is 0 Å².